The Kier molecular flexibility index (Phi) is 4.42. The van der Waals surface area contributed by atoms with Gasteiger partial charge in [-0.2, -0.15) is 0 Å². The largest absolute Gasteiger partial charge is 0.478 e. The van der Waals surface area contributed by atoms with Crippen LogP contribution in [0.5, 0.6) is 0 Å². The molecule has 0 fully saturated rings. The summed E-state index contributed by atoms with van der Waals surface area (Å²) < 4.78 is 10.8. The van der Waals surface area contributed by atoms with Crippen LogP contribution in [0.2, 0.25) is 0 Å². The summed E-state index contributed by atoms with van der Waals surface area (Å²) in [6.45, 7) is 3.03. The monoisotopic (exact) mass is 277 g/mol. The molecule has 1 atom stereocenters. The summed E-state index contributed by atoms with van der Waals surface area (Å²) in [5.74, 6) is -0.484. The number of ether oxygens (including phenoxy) is 1. The van der Waals surface area contributed by atoms with E-state index >= 15 is 0 Å². The number of fused-ring (bicyclic) bond motifs is 1. The van der Waals surface area contributed by atoms with Crippen molar-refractivity contribution < 1.29 is 19.1 Å². The van der Waals surface area contributed by atoms with Crippen LogP contribution in [0, 0.1) is 0 Å². The van der Waals surface area contributed by atoms with E-state index in [9.17, 15) is 9.90 Å². The van der Waals surface area contributed by atoms with Crippen LogP contribution in [-0.2, 0) is 11.3 Å². The van der Waals surface area contributed by atoms with E-state index in [2.05, 4.69) is 0 Å². The maximum atomic E-state index is 11.5. The third-order valence-electron chi connectivity index (χ3n) is 3.44. The number of para-hydroxylation sites is 1. The van der Waals surface area contributed by atoms with Gasteiger partial charge in [0, 0.05) is 18.5 Å². The van der Waals surface area contributed by atoms with Crippen molar-refractivity contribution in [2.75, 3.05) is 20.8 Å². The van der Waals surface area contributed by atoms with Gasteiger partial charge in [-0.05, 0) is 20.0 Å². The zero-order valence-corrected chi connectivity index (χ0v) is 11.9. The molecule has 2 aromatic rings. The van der Waals surface area contributed by atoms with Gasteiger partial charge in [-0.25, -0.2) is 4.79 Å². The first-order chi connectivity index (χ1) is 9.54. The number of rotatable bonds is 6. The van der Waals surface area contributed by atoms with E-state index in [4.69, 9.17) is 9.15 Å². The number of likely N-dealkylation sites (N-methyl/N-ethyl adjacent to an activating group) is 1. The quantitative estimate of drug-likeness (QED) is 0.879. The second kappa shape index (κ2) is 6.07. The Morgan fingerprint density at radius 1 is 1.45 bits per heavy atom. The minimum atomic E-state index is -0.960. The Morgan fingerprint density at radius 2 is 2.15 bits per heavy atom. The summed E-state index contributed by atoms with van der Waals surface area (Å²) >= 11 is 0. The molecule has 20 heavy (non-hydrogen) atoms. The maximum absolute atomic E-state index is 11.5. The van der Waals surface area contributed by atoms with Crippen LogP contribution < -0.4 is 0 Å². The number of benzene rings is 1. The van der Waals surface area contributed by atoms with Gasteiger partial charge in [-0.1, -0.05) is 18.2 Å². The van der Waals surface area contributed by atoms with Crippen molar-refractivity contribution in [1.29, 1.82) is 0 Å². The van der Waals surface area contributed by atoms with Crippen molar-refractivity contribution >= 4 is 16.9 Å². The predicted octanol–water partition coefficient (Wildman–Crippen LogP) is 2.60. The van der Waals surface area contributed by atoms with Gasteiger partial charge in [0.25, 0.3) is 0 Å². The number of furan rings is 1. The van der Waals surface area contributed by atoms with Crippen LogP contribution in [0.1, 0.15) is 23.0 Å². The third kappa shape index (κ3) is 2.84. The first kappa shape index (κ1) is 14.6. The molecule has 5 nitrogen and oxygen atoms in total. The van der Waals surface area contributed by atoms with Crippen molar-refractivity contribution in [3.8, 4) is 0 Å². The topological polar surface area (TPSA) is 62.9 Å². The smallest absolute Gasteiger partial charge is 0.339 e. The number of nitrogens with zero attached hydrogens (tertiary/aromatic N) is 1. The number of aromatic carboxylic acids is 1. The van der Waals surface area contributed by atoms with E-state index in [0.717, 1.165) is 0 Å². The van der Waals surface area contributed by atoms with Crippen LogP contribution in [0.25, 0.3) is 11.0 Å². The number of carbonyl (C=O) groups is 1. The molecule has 1 aromatic heterocycles. The van der Waals surface area contributed by atoms with Gasteiger partial charge in [0.1, 0.15) is 16.9 Å². The van der Waals surface area contributed by atoms with Crippen molar-refractivity contribution in [3.05, 3.63) is 35.6 Å². The molecule has 0 amide bonds. The second-order valence-electron chi connectivity index (χ2n) is 4.92. The van der Waals surface area contributed by atoms with Crippen molar-refractivity contribution in [1.82, 2.24) is 4.90 Å². The zero-order valence-electron chi connectivity index (χ0n) is 11.9. The van der Waals surface area contributed by atoms with Gasteiger partial charge in [0.15, 0.2) is 0 Å². The summed E-state index contributed by atoms with van der Waals surface area (Å²) in [4.78, 5) is 13.5. The molecule has 0 saturated carbocycles. The number of carboxylic acids is 1. The fourth-order valence-electron chi connectivity index (χ4n) is 2.19. The lowest BCUT2D eigenvalue weighted by atomic mass is 10.1. The molecule has 1 N–H and O–H groups in total. The lowest BCUT2D eigenvalue weighted by Crippen LogP contribution is -2.32. The van der Waals surface area contributed by atoms with E-state index in [1.54, 1.807) is 19.2 Å². The van der Waals surface area contributed by atoms with Crippen LogP contribution in [0.15, 0.2) is 28.7 Å². The maximum Gasteiger partial charge on any atom is 0.339 e. The van der Waals surface area contributed by atoms with Crippen molar-refractivity contribution in [2.45, 2.75) is 19.5 Å². The Hall–Kier alpha value is -1.85. The molecule has 0 aliphatic heterocycles. The summed E-state index contributed by atoms with van der Waals surface area (Å²) in [7, 11) is 3.57. The molecule has 0 saturated heterocycles. The lowest BCUT2D eigenvalue weighted by molar-refractivity contribution is 0.0691. The number of carboxylic acid groups (broad SMARTS) is 1. The Balaban J connectivity index is 2.34. The van der Waals surface area contributed by atoms with E-state index < -0.39 is 5.97 Å². The second-order valence-corrected chi connectivity index (χ2v) is 4.92. The number of hydrogen-bond donors (Lipinski definition) is 1. The summed E-state index contributed by atoms with van der Waals surface area (Å²) in [6.07, 6.45) is 0. The Morgan fingerprint density at radius 3 is 2.80 bits per heavy atom. The molecule has 108 valence electrons. The predicted molar refractivity (Wildman–Crippen MR) is 76.0 cm³/mol. The highest BCUT2D eigenvalue weighted by atomic mass is 16.5. The Bertz CT molecular complexity index is 605. The molecular weight excluding hydrogens is 258 g/mol. The fourth-order valence-corrected chi connectivity index (χ4v) is 2.19. The first-order valence-corrected chi connectivity index (χ1v) is 6.47. The molecule has 0 bridgehead atoms. The molecule has 2 rings (SSSR count). The highest BCUT2D eigenvalue weighted by Crippen LogP contribution is 2.27. The van der Waals surface area contributed by atoms with E-state index in [0.29, 0.717) is 29.9 Å². The van der Waals surface area contributed by atoms with Gasteiger partial charge in [-0.15, -0.1) is 0 Å². The van der Waals surface area contributed by atoms with Gasteiger partial charge >= 0.3 is 5.97 Å². The van der Waals surface area contributed by atoms with Crippen LogP contribution in [-0.4, -0.2) is 42.8 Å². The van der Waals surface area contributed by atoms with Crippen molar-refractivity contribution in [2.24, 2.45) is 0 Å². The average Bonchev–Trinajstić information content (AvgIpc) is 2.76. The number of methoxy groups -OCH3 is 1. The van der Waals surface area contributed by atoms with E-state index in [-0.39, 0.29) is 11.6 Å². The van der Waals surface area contributed by atoms with Gasteiger partial charge in [-0.3, -0.25) is 4.90 Å². The van der Waals surface area contributed by atoms with E-state index in [1.807, 2.05) is 31.0 Å². The molecule has 5 heteroatoms. The average molecular weight is 277 g/mol. The molecular formula is C15H19NO4. The minimum Gasteiger partial charge on any atom is -0.478 e. The van der Waals surface area contributed by atoms with Crippen LogP contribution in [0.4, 0.5) is 0 Å². The standard InChI is InChI=1S/C15H19NO4/c1-10(9-19-3)16(2)8-13-14(15(17)18)11-6-4-5-7-12(11)20-13/h4-7,10H,8-9H2,1-3H3,(H,17,18). The molecule has 1 heterocycles. The molecule has 1 unspecified atom stereocenters. The molecule has 1 aromatic carbocycles. The zero-order chi connectivity index (χ0) is 14.7. The lowest BCUT2D eigenvalue weighted by Gasteiger charge is -2.23. The molecule has 0 aliphatic rings. The minimum absolute atomic E-state index is 0.176. The normalized spacial score (nSPS) is 13.0. The fraction of sp³-hybridized carbons (Fsp3) is 0.400. The highest BCUT2D eigenvalue weighted by Gasteiger charge is 2.22. The first-order valence-electron chi connectivity index (χ1n) is 6.47. The van der Waals surface area contributed by atoms with Crippen molar-refractivity contribution in [3.63, 3.8) is 0 Å². The van der Waals surface area contributed by atoms with Crippen LogP contribution >= 0.6 is 0 Å². The SMILES string of the molecule is COCC(C)N(C)Cc1oc2ccccc2c1C(=O)O. The van der Waals surface area contributed by atoms with Crippen LogP contribution in [0.3, 0.4) is 0 Å². The number of hydrogen-bond acceptors (Lipinski definition) is 4. The molecule has 0 aliphatic carbocycles. The van der Waals surface area contributed by atoms with Gasteiger partial charge < -0.3 is 14.3 Å². The highest BCUT2D eigenvalue weighted by molar-refractivity contribution is 6.03. The van der Waals surface area contributed by atoms with E-state index in [1.165, 1.54) is 0 Å². The summed E-state index contributed by atoms with van der Waals surface area (Å²) in [6, 6.07) is 7.37. The summed E-state index contributed by atoms with van der Waals surface area (Å²) in [5.41, 5.74) is 0.852. The Labute approximate surface area is 117 Å². The molecule has 0 spiro atoms. The summed E-state index contributed by atoms with van der Waals surface area (Å²) in [5, 5.41) is 10.0. The van der Waals surface area contributed by atoms with Gasteiger partial charge in [0.05, 0.1) is 13.2 Å². The molecule has 0 radical (unpaired) electrons. The van der Waals surface area contributed by atoms with Gasteiger partial charge in [0.2, 0.25) is 0 Å². The third-order valence-corrected chi connectivity index (χ3v) is 3.44.